The van der Waals surface area contributed by atoms with Crippen LogP contribution in [0.2, 0.25) is 5.15 Å². The molecule has 0 radical (unpaired) electrons. The molecule has 2 aromatic heterocycles. The summed E-state index contributed by atoms with van der Waals surface area (Å²) in [5, 5.41) is 3.22. The predicted molar refractivity (Wildman–Crippen MR) is 110 cm³/mol. The zero-order valence-electron chi connectivity index (χ0n) is 15.2. The molecule has 4 rings (SSSR count). The van der Waals surface area contributed by atoms with Crippen LogP contribution >= 0.6 is 11.6 Å². The van der Waals surface area contributed by atoms with Crippen LogP contribution in [-0.4, -0.2) is 20.4 Å². The Kier molecular flexibility index (Phi) is 5.35. The van der Waals surface area contributed by atoms with E-state index in [9.17, 15) is 9.18 Å². The van der Waals surface area contributed by atoms with Crippen molar-refractivity contribution >= 4 is 23.3 Å². The zero-order valence-corrected chi connectivity index (χ0v) is 16.0. The summed E-state index contributed by atoms with van der Waals surface area (Å²) in [7, 11) is 0. The summed E-state index contributed by atoms with van der Waals surface area (Å²) in [6.07, 6.45) is 3.06. The van der Waals surface area contributed by atoms with Crippen LogP contribution in [0.5, 0.6) is 0 Å². The van der Waals surface area contributed by atoms with Crippen LogP contribution in [0.1, 0.15) is 15.9 Å². The van der Waals surface area contributed by atoms with Crippen molar-refractivity contribution in [2.24, 2.45) is 0 Å². The topological polar surface area (TPSA) is 59.8 Å². The van der Waals surface area contributed by atoms with E-state index < -0.39 is 0 Å². The maximum Gasteiger partial charge on any atom is 0.258 e. The number of carbonyl (C=O) groups is 1. The van der Waals surface area contributed by atoms with Crippen molar-refractivity contribution in [1.82, 2.24) is 14.5 Å². The zero-order chi connectivity index (χ0) is 20.2. The minimum absolute atomic E-state index is 0.308. The van der Waals surface area contributed by atoms with Crippen LogP contribution in [0.4, 0.5) is 10.2 Å². The lowest BCUT2D eigenvalue weighted by atomic mass is 10.1. The smallest absolute Gasteiger partial charge is 0.258 e. The molecule has 1 amide bonds. The lowest BCUT2D eigenvalue weighted by Crippen LogP contribution is -2.16. The molecule has 7 heteroatoms. The van der Waals surface area contributed by atoms with Gasteiger partial charge in [-0.1, -0.05) is 41.9 Å². The number of anilines is 1. The Labute approximate surface area is 171 Å². The molecule has 0 unspecified atom stereocenters. The van der Waals surface area contributed by atoms with Gasteiger partial charge in [0.2, 0.25) is 0 Å². The van der Waals surface area contributed by atoms with Gasteiger partial charge >= 0.3 is 0 Å². The number of halogens is 2. The van der Waals surface area contributed by atoms with Gasteiger partial charge in [-0.25, -0.2) is 14.4 Å². The molecule has 2 heterocycles. The summed E-state index contributed by atoms with van der Waals surface area (Å²) in [5.41, 5.74) is 2.67. The highest BCUT2D eigenvalue weighted by Crippen LogP contribution is 2.28. The third kappa shape index (κ3) is 4.33. The molecule has 29 heavy (non-hydrogen) atoms. The first-order valence-electron chi connectivity index (χ1n) is 8.88. The molecule has 4 aromatic rings. The second-order valence-corrected chi connectivity index (χ2v) is 6.77. The van der Waals surface area contributed by atoms with Crippen LogP contribution in [0.3, 0.4) is 0 Å². The number of nitrogens with zero attached hydrogens (tertiary/aromatic N) is 3. The molecule has 0 saturated heterocycles. The van der Waals surface area contributed by atoms with Crippen molar-refractivity contribution < 1.29 is 9.18 Å². The van der Waals surface area contributed by atoms with Crippen LogP contribution in [0.15, 0.2) is 79.3 Å². The van der Waals surface area contributed by atoms with E-state index >= 15 is 0 Å². The van der Waals surface area contributed by atoms with E-state index in [-0.39, 0.29) is 11.7 Å². The first kappa shape index (κ1) is 18.8. The van der Waals surface area contributed by atoms with Gasteiger partial charge in [0, 0.05) is 11.8 Å². The van der Waals surface area contributed by atoms with Gasteiger partial charge in [-0.15, -0.1) is 0 Å². The van der Waals surface area contributed by atoms with E-state index in [1.54, 1.807) is 30.6 Å². The number of amides is 1. The average Bonchev–Trinajstić information content (AvgIpc) is 3.12. The summed E-state index contributed by atoms with van der Waals surface area (Å²) in [4.78, 5) is 21.2. The number of aromatic nitrogens is 3. The van der Waals surface area contributed by atoms with Gasteiger partial charge in [0.25, 0.3) is 5.91 Å². The van der Waals surface area contributed by atoms with Gasteiger partial charge in [-0.05, 0) is 42.0 Å². The Balaban J connectivity index is 1.71. The van der Waals surface area contributed by atoms with Crippen LogP contribution in [0.25, 0.3) is 11.3 Å². The highest BCUT2D eigenvalue weighted by atomic mass is 35.5. The maximum absolute atomic E-state index is 13.3. The fourth-order valence-corrected chi connectivity index (χ4v) is 3.03. The third-order valence-corrected chi connectivity index (χ3v) is 4.60. The summed E-state index contributed by atoms with van der Waals surface area (Å²) in [5.74, 6) is -0.164. The number of nitrogens with one attached hydrogen (secondary N) is 1. The van der Waals surface area contributed by atoms with Crippen molar-refractivity contribution in [2.75, 3.05) is 5.32 Å². The summed E-state index contributed by atoms with van der Waals surface area (Å²) < 4.78 is 15.2. The Morgan fingerprint density at radius 3 is 2.45 bits per heavy atom. The van der Waals surface area contributed by atoms with Crippen molar-refractivity contribution in [3.8, 4) is 11.3 Å². The molecular weight excluding hydrogens is 391 g/mol. The van der Waals surface area contributed by atoms with Gasteiger partial charge in [0.15, 0.2) is 0 Å². The largest absolute Gasteiger partial charge is 0.312 e. The second-order valence-electron chi connectivity index (χ2n) is 6.39. The first-order valence-corrected chi connectivity index (χ1v) is 9.26. The van der Waals surface area contributed by atoms with E-state index in [1.165, 1.54) is 18.3 Å². The minimum atomic E-state index is -0.340. The average molecular weight is 407 g/mol. The molecule has 0 saturated carbocycles. The van der Waals surface area contributed by atoms with Gasteiger partial charge < -0.3 is 9.88 Å². The number of rotatable bonds is 5. The molecule has 144 valence electrons. The van der Waals surface area contributed by atoms with E-state index in [1.807, 2.05) is 34.9 Å². The van der Waals surface area contributed by atoms with Crippen LogP contribution < -0.4 is 5.32 Å². The summed E-state index contributed by atoms with van der Waals surface area (Å²) >= 11 is 5.81. The van der Waals surface area contributed by atoms with E-state index in [2.05, 4.69) is 15.3 Å². The van der Waals surface area contributed by atoms with Crippen molar-refractivity contribution in [1.29, 1.82) is 0 Å². The van der Waals surface area contributed by atoms with Crippen molar-refractivity contribution in [2.45, 2.75) is 6.54 Å². The number of hydrogen-bond acceptors (Lipinski definition) is 3. The first-order chi connectivity index (χ1) is 14.1. The number of imidazole rings is 1. The van der Waals surface area contributed by atoms with E-state index in [4.69, 9.17) is 11.6 Å². The molecule has 5 nitrogen and oxygen atoms in total. The lowest BCUT2D eigenvalue weighted by Gasteiger charge is -2.12. The lowest BCUT2D eigenvalue weighted by molar-refractivity contribution is 0.102. The van der Waals surface area contributed by atoms with Crippen molar-refractivity contribution in [3.63, 3.8) is 0 Å². The molecule has 0 fully saturated rings. The molecule has 0 aliphatic heterocycles. The number of pyridine rings is 1. The number of benzene rings is 2. The fourth-order valence-electron chi connectivity index (χ4n) is 2.92. The van der Waals surface area contributed by atoms with Gasteiger partial charge in [-0.2, -0.15) is 0 Å². The number of carbonyl (C=O) groups excluding carboxylic acids is 1. The van der Waals surface area contributed by atoms with E-state index in [0.717, 1.165) is 5.56 Å². The second kappa shape index (κ2) is 8.24. The fraction of sp³-hybridized carbons (Fsp3) is 0.0455. The highest BCUT2D eigenvalue weighted by Gasteiger charge is 2.17. The number of hydrogen-bond donors (Lipinski definition) is 1. The minimum Gasteiger partial charge on any atom is -0.312 e. The van der Waals surface area contributed by atoms with Crippen LogP contribution in [0, 0.1) is 5.82 Å². The quantitative estimate of drug-likeness (QED) is 0.472. The van der Waals surface area contributed by atoms with Gasteiger partial charge in [0.05, 0.1) is 18.4 Å². The Morgan fingerprint density at radius 1 is 1.00 bits per heavy atom. The predicted octanol–water partition coefficient (Wildman–Crippen LogP) is 5.04. The monoisotopic (exact) mass is 406 g/mol. The molecule has 0 aliphatic rings. The molecule has 0 atom stereocenters. The Morgan fingerprint density at radius 2 is 1.76 bits per heavy atom. The van der Waals surface area contributed by atoms with E-state index in [0.29, 0.717) is 34.3 Å². The standard InChI is InChI=1S/C22H16ClFN4O/c23-19-11-8-17(12-25-19)22(29)27-21-20(16-6-9-18(24)10-7-16)26-14-28(21)13-15-4-2-1-3-5-15/h1-12,14H,13H2,(H,27,29). The Bertz CT molecular complexity index is 1130. The maximum atomic E-state index is 13.3. The third-order valence-electron chi connectivity index (χ3n) is 4.37. The van der Waals surface area contributed by atoms with Crippen molar-refractivity contribution in [3.05, 3.63) is 101 Å². The molecule has 1 N–H and O–H groups in total. The van der Waals surface area contributed by atoms with Crippen LogP contribution in [-0.2, 0) is 6.54 Å². The Hall–Kier alpha value is -3.51. The summed E-state index contributed by atoms with van der Waals surface area (Å²) in [6.45, 7) is 0.517. The van der Waals surface area contributed by atoms with Gasteiger partial charge in [0.1, 0.15) is 22.5 Å². The molecule has 2 aromatic carbocycles. The molecule has 0 aliphatic carbocycles. The molecule has 0 spiro atoms. The normalized spacial score (nSPS) is 10.7. The molecule has 0 bridgehead atoms. The summed E-state index contributed by atoms with van der Waals surface area (Å²) in [6, 6.07) is 19.0. The SMILES string of the molecule is O=C(Nc1c(-c2ccc(F)cc2)ncn1Cc1ccccc1)c1ccc(Cl)nc1. The highest BCUT2D eigenvalue weighted by molar-refractivity contribution is 6.29. The molecular formula is C22H16ClFN4O. The van der Waals surface area contributed by atoms with Gasteiger partial charge in [-0.3, -0.25) is 4.79 Å².